The van der Waals surface area contributed by atoms with Crippen LogP contribution in [0.25, 0.3) is 10.6 Å². The fourth-order valence-electron chi connectivity index (χ4n) is 3.52. The number of ether oxygens (including phenoxy) is 4. The van der Waals surface area contributed by atoms with E-state index in [0.29, 0.717) is 34.3 Å². The summed E-state index contributed by atoms with van der Waals surface area (Å²) < 4.78 is 22.2. The molecule has 0 bridgehead atoms. The van der Waals surface area contributed by atoms with Crippen molar-refractivity contribution in [2.45, 2.75) is 5.92 Å². The minimum Gasteiger partial charge on any atom is -0.493 e. The number of aromatic nitrogens is 2. The Morgan fingerprint density at radius 3 is 2.59 bits per heavy atom. The molecular weight excluding hydrogens is 392 g/mol. The summed E-state index contributed by atoms with van der Waals surface area (Å²) >= 11 is 1.55. The molecule has 0 saturated carbocycles. The largest absolute Gasteiger partial charge is 0.493 e. The van der Waals surface area contributed by atoms with E-state index in [-0.39, 0.29) is 11.5 Å². The lowest BCUT2D eigenvalue weighted by molar-refractivity contribution is 0.321. The zero-order valence-electron chi connectivity index (χ0n) is 16.0. The third-order valence-electron chi connectivity index (χ3n) is 4.75. The Bertz CT molecular complexity index is 1130. The Balaban J connectivity index is 2.01. The van der Waals surface area contributed by atoms with Crippen LogP contribution in [0, 0.1) is 11.3 Å². The molecule has 0 aliphatic carbocycles. The van der Waals surface area contributed by atoms with E-state index in [2.05, 4.69) is 16.3 Å². The molecule has 0 spiro atoms. The van der Waals surface area contributed by atoms with Gasteiger partial charge in [0.2, 0.25) is 17.5 Å². The molecule has 29 heavy (non-hydrogen) atoms. The first-order valence-electron chi connectivity index (χ1n) is 8.63. The Labute approximate surface area is 171 Å². The van der Waals surface area contributed by atoms with Gasteiger partial charge in [0, 0.05) is 5.56 Å². The van der Waals surface area contributed by atoms with Crippen LogP contribution in [0.4, 0.5) is 0 Å². The number of allylic oxidation sites excluding steroid dienone is 1. The minimum atomic E-state index is -0.561. The molecule has 2 aromatic heterocycles. The van der Waals surface area contributed by atoms with Crippen molar-refractivity contribution in [1.82, 2.24) is 10.2 Å². The number of thiophene rings is 1. The molecule has 1 aliphatic rings. The fraction of sp³-hybridized carbons (Fsp3) is 0.200. The van der Waals surface area contributed by atoms with Crippen molar-refractivity contribution in [3.8, 4) is 39.8 Å². The molecule has 4 rings (SSSR count). The molecule has 8 nitrogen and oxygen atoms in total. The van der Waals surface area contributed by atoms with E-state index in [1.807, 2.05) is 23.6 Å². The van der Waals surface area contributed by atoms with Crippen LogP contribution >= 0.6 is 11.3 Å². The summed E-state index contributed by atoms with van der Waals surface area (Å²) in [6.45, 7) is 0. The molecule has 3 aromatic rings. The van der Waals surface area contributed by atoms with Crippen LogP contribution in [0.3, 0.4) is 0 Å². The maximum Gasteiger partial charge on any atom is 0.244 e. The number of nitriles is 1. The molecule has 1 atom stereocenters. The predicted octanol–water partition coefficient (Wildman–Crippen LogP) is 3.38. The minimum absolute atomic E-state index is 0.00562. The number of methoxy groups -OCH3 is 3. The van der Waals surface area contributed by atoms with Crippen molar-refractivity contribution in [3.63, 3.8) is 0 Å². The van der Waals surface area contributed by atoms with E-state index in [4.69, 9.17) is 24.7 Å². The number of rotatable bonds is 5. The van der Waals surface area contributed by atoms with Crippen molar-refractivity contribution in [2.24, 2.45) is 5.73 Å². The van der Waals surface area contributed by atoms with Crippen molar-refractivity contribution in [3.05, 3.63) is 52.2 Å². The van der Waals surface area contributed by atoms with Crippen molar-refractivity contribution >= 4 is 11.3 Å². The van der Waals surface area contributed by atoms with Gasteiger partial charge in [-0.15, -0.1) is 16.4 Å². The Hall–Kier alpha value is -3.64. The number of benzene rings is 1. The van der Waals surface area contributed by atoms with Gasteiger partial charge in [-0.3, -0.25) is 5.10 Å². The summed E-state index contributed by atoms with van der Waals surface area (Å²) in [7, 11) is 4.62. The molecule has 0 unspecified atom stereocenters. The number of nitrogens with one attached hydrogen (secondary N) is 1. The highest BCUT2D eigenvalue weighted by molar-refractivity contribution is 7.13. The summed E-state index contributed by atoms with van der Waals surface area (Å²) in [4.78, 5) is 0.963. The van der Waals surface area contributed by atoms with Crippen molar-refractivity contribution < 1.29 is 18.9 Å². The Kier molecular flexibility index (Phi) is 4.78. The lowest BCUT2D eigenvalue weighted by Crippen LogP contribution is -2.21. The maximum atomic E-state index is 9.88. The van der Waals surface area contributed by atoms with E-state index in [9.17, 15) is 5.26 Å². The van der Waals surface area contributed by atoms with Gasteiger partial charge < -0.3 is 24.7 Å². The predicted molar refractivity (Wildman–Crippen MR) is 107 cm³/mol. The second-order valence-electron chi connectivity index (χ2n) is 6.14. The highest BCUT2D eigenvalue weighted by Gasteiger charge is 2.38. The van der Waals surface area contributed by atoms with E-state index < -0.39 is 5.92 Å². The van der Waals surface area contributed by atoms with E-state index in [1.165, 1.54) is 14.2 Å². The topological polar surface area (TPSA) is 115 Å². The van der Waals surface area contributed by atoms with Crippen LogP contribution in [0.5, 0.6) is 23.1 Å². The summed E-state index contributed by atoms with van der Waals surface area (Å²) in [5.74, 6) is 1.16. The quantitative estimate of drug-likeness (QED) is 0.662. The lowest BCUT2D eigenvalue weighted by Gasteiger charge is -2.26. The molecular formula is C20H18N4O4S. The SMILES string of the molecule is COc1ccc([C@@H]2C(C#N)=C(N)Oc3n[nH]c(-c4cccs4)c32)c(OC)c1OC. The first-order valence-corrected chi connectivity index (χ1v) is 9.51. The normalized spacial score (nSPS) is 15.3. The van der Waals surface area contributed by atoms with Crippen LogP contribution in [-0.2, 0) is 0 Å². The van der Waals surface area contributed by atoms with Gasteiger partial charge in [-0.2, -0.15) is 5.26 Å². The van der Waals surface area contributed by atoms with Crippen LogP contribution in [0.1, 0.15) is 17.0 Å². The second-order valence-corrected chi connectivity index (χ2v) is 7.09. The van der Waals surface area contributed by atoms with Gasteiger partial charge in [0.15, 0.2) is 11.5 Å². The third-order valence-corrected chi connectivity index (χ3v) is 5.64. The number of nitrogens with zero attached hydrogens (tertiary/aromatic N) is 2. The lowest BCUT2D eigenvalue weighted by atomic mass is 9.83. The number of fused-ring (bicyclic) bond motifs is 1. The number of nitrogens with two attached hydrogens (primary N) is 1. The molecule has 0 fully saturated rings. The smallest absolute Gasteiger partial charge is 0.244 e. The third kappa shape index (κ3) is 2.85. The number of aromatic amines is 1. The molecule has 1 aromatic carbocycles. The summed E-state index contributed by atoms with van der Waals surface area (Å²) in [6, 6.07) is 9.69. The van der Waals surface area contributed by atoms with Crippen LogP contribution < -0.4 is 24.7 Å². The molecule has 148 valence electrons. The van der Waals surface area contributed by atoms with Gasteiger partial charge in [-0.05, 0) is 17.5 Å². The number of H-pyrrole nitrogens is 1. The van der Waals surface area contributed by atoms with Gasteiger partial charge in [0.1, 0.15) is 11.6 Å². The average Bonchev–Trinajstić information content (AvgIpc) is 3.41. The first kappa shape index (κ1) is 18.7. The molecule has 0 radical (unpaired) electrons. The molecule has 1 aliphatic heterocycles. The fourth-order valence-corrected chi connectivity index (χ4v) is 4.25. The second kappa shape index (κ2) is 7.41. The summed E-state index contributed by atoms with van der Waals surface area (Å²) in [6.07, 6.45) is 0. The molecule has 0 amide bonds. The van der Waals surface area contributed by atoms with Gasteiger partial charge in [-0.1, -0.05) is 12.1 Å². The molecule has 3 N–H and O–H groups in total. The van der Waals surface area contributed by atoms with Gasteiger partial charge in [-0.25, -0.2) is 0 Å². The van der Waals surface area contributed by atoms with E-state index >= 15 is 0 Å². The van der Waals surface area contributed by atoms with E-state index in [0.717, 1.165) is 10.6 Å². The van der Waals surface area contributed by atoms with Crippen LogP contribution in [0.15, 0.2) is 41.1 Å². The first-order chi connectivity index (χ1) is 14.1. The van der Waals surface area contributed by atoms with Gasteiger partial charge in [0.25, 0.3) is 0 Å². The zero-order valence-corrected chi connectivity index (χ0v) is 16.8. The van der Waals surface area contributed by atoms with Crippen LogP contribution in [0.2, 0.25) is 0 Å². The van der Waals surface area contributed by atoms with Gasteiger partial charge in [0.05, 0.1) is 43.4 Å². The van der Waals surface area contributed by atoms with E-state index in [1.54, 1.807) is 24.5 Å². The Morgan fingerprint density at radius 1 is 1.17 bits per heavy atom. The zero-order chi connectivity index (χ0) is 20.5. The molecule has 9 heteroatoms. The molecule has 3 heterocycles. The summed E-state index contributed by atoms with van der Waals surface area (Å²) in [5, 5.41) is 19.1. The highest BCUT2D eigenvalue weighted by atomic mass is 32.1. The molecule has 0 saturated heterocycles. The Morgan fingerprint density at radius 2 is 1.97 bits per heavy atom. The summed E-state index contributed by atoms with van der Waals surface area (Å²) in [5.41, 5.74) is 8.49. The highest BCUT2D eigenvalue weighted by Crippen LogP contribution is 2.51. The van der Waals surface area contributed by atoms with Gasteiger partial charge >= 0.3 is 0 Å². The average molecular weight is 410 g/mol. The van der Waals surface area contributed by atoms with Crippen molar-refractivity contribution in [1.29, 1.82) is 5.26 Å². The van der Waals surface area contributed by atoms with Crippen molar-refractivity contribution in [2.75, 3.05) is 21.3 Å². The number of hydrogen-bond donors (Lipinski definition) is 2. The monoisotopic (exact) mass is 410 g/mol. The maximum absolute atomic E-state index is 9.88. The standard InChI is InChI=1S/C20H18N4O4S/c1-25-12-7-6-10(17(26-2)18(12)27-3)14-11(9-21)19(22)28-20-15(14)16(23-24-20)13-5-4-8-29-13/h4-8,14H,22H2,1-3H3,(H,23,24)/t14-/m1/s1. The van der Waals surface area contributed by atoms with Crippen LogP contribution in [-0.4, -0.2) is 31.5 Å². The number of hydrogen-bond acceptors (Lipinski definition) is 8.